The normalized spacial score (nSPS) is 14.8. The van der Waals surface area contributed by atoms with Gasteiger partial charge < -0.3 is 9.80 Å². The molecule has 1 atom stereocenters. The molecule has 268 valence electrons. The molecule has 0 fully saturated rings. The smallest absolute Gasteiger partial charge is 0.101 e. The van der Waals surface area contributed by atoms with Gasteiger partial charge in [-0.1, -0.05) is 220 Å². The minimum absolute atomic E-state index is 0.639. The van der Waals surface area contributed by atoms with Crippen LogP contribution in [0.15, 0.2) is 12.4 Å². The van der Waals surface area contributed by atoms with E-state index in [0.29, 0.717) is 6.17 Å². The Balaban J connectivity index is 2.20. The number of hydrogen-bond donors (Lipinski definition) is 0. The summed E-state index contributed by atoms with van der Waals surface area (Å²) in [5.74, 6) is 0. The quantitative estimate of drug-likeness (QED) is 0.0630. The van der Waals surface area contributed by atoms with Gasteiger partial charge in [-0.05, 0) is 25.7 Å². The van der Waals surface area contributed by atoms with Crippen LogP contribution in [0.3, 0.4) is 0 Å². The van der Waals surface area contributed by atoms with Crippen molar-refractivity contribution in [3.05, 3.63) is 12.4 Å². The molecule has 2 heteroatoms. The first-order valence-corrected chi connectivity index (χ1v) is 21.5. The lowest BCUT2D eigenvalue weighted by Gasteiger charge is -2.33. The molecule has 0 aromatic carbocycles. The molecular weight excluding hydrogens is 544 g/mol. The molecule has 0 amide bonds. The van der Waals surface area contributed by atoms with Crippen LogP contribution in [0.5, 0.6) is 0 Å². The van der Waals surface area contributed by atoms with E-state index in [1.807, 2.05) is 0 Å². The fraction of sp³-hybridized carbons (Fsp3) is 0.953. The zero-order valence-corrected chi connectivity index (χ0v) is 31.8. The van der Waals surface area contributed by atoms with E-state index in [-0.39, 0.29) is 0 Å². The average Bonchev–Trinajstić information content (AvgIpc) is 3.43. The van der Waals surface area contributed by atoms with Gasteiger partial charge in [0.1, 0.15) is 6.17 Å². The highest BCUT2D eigenvalue weighted by Crippen LogP contribution is 2.24. The molecule has 0 saturated carbocycles. The van der Waals surface area contributed by atoms with Gasteiger partial charge in [0.15, 0.2) is 0 Å². The van der Waals surface area contributed by atoms with E-state index in [2.05, 4.69) is 43.0 Å². The van der Waals surface area contributed by atoms with Crippen molar-refractivity contribution in [1.29, 1.82) is 0 Å². The molecule has 0 radical (unpaired) electrons. The third-order valence-electron chi connectivity index (χ3n) is 10.6. The third kappa shape index (κ3) is 27.0. The van der Waals surface area contributed by atoms with Crippen molar-refractivity contribution in [2.75, 3.05) is 13.1 Å². The van der Waals surface area contributed by atoms with Gasteiger partial charge in [-0.15, -0.1) is 0 Å². The number of rotatable bonds is 37. The van der Waals surface area contributed by atoms with Crippen molar-refractivity contribution in [2.24, 2.45) is 0 Å². The number of hydrogen-bond acceptors (Lipinski definition) is 2. The van der Waals surface area contributed by atoms with Crippen molar-refractivity contribution in [3.63, 3.8) is 0 Å². The molecule has 45 heavy (non-hydrogen) atoms. The van der Waals surface area contributed by atoms with Gasteiger partial charge in [-0.25, -0.2) is 0 Å². The average molecular weight is 631 g/mol. The van der Waals surface area contributed by atoms with E-state index >= 15 is 0 Å². The highest BCUT2D eigenvalue weighted by molar-refractivity contribution is 4.97. The molecule has 0 aliphatic carbocycles. The lowest BCUT2D eigenvalue weighted by molar-refractivity contribution is 0.135. The molecule has 0 aromatic heterocycles. The number of unbranched alkanes of at least 4 members (excludes halogenated alkanes) is 31. The Hall–Kier alpha value is -0.660. The molecule has 0 saturated heterocycles. The van der Waals surface area contributed by atoms with Crippen LogP contribution in [0, 0.1) is 0 Å². The Morgan fingerprint density at radius 2 is 0.511 bits per heavy atom. The van der Waals surface area contributed by atoms with Crippen molar-refractivity contribution < 1.29 is 0 Å². The van der Waals surface area contributed by atoms with Gasteiger partial charge in [-0.2, -0.15) is 0 Å². The first-order valence-electron chi connectivity index (χ1n) is 21.5. The minimum atomic E-state index is 0.639. The summed E-state index contributed by atoms with van der Waals surface area (Å²) in [7, 11) is 0. The molecule has 0 bridgehead atoms. The second kappa shape index (κ2) is 34.7. The summed E-state index contributed by atoms with van der Waals surface area (Å²) in [6, 6.07) is 0. The SMILES string of the molecule is CCCCCCCCCCCCCCCCN1C=CN(CCCCCCCCCCC)C1CCCCCCCCCCCCC. The van der Waals surface area contributed by atoms with E-state index in [9.17, 15) is 0 Å². The van der Waals surface area contributed by atoms with Crippen LogP contribution in [-0.4, -0.2) is 29.1 Å². The van der Waals surface area contributed by atoms with Gasteiger partial charge in [0.2, 0.25) is 0 Å². The Bertz CT molecular complexity index is 586. The largest absolute Gasteiger partial charge is 0.356 e. The summed E-state index contributed by atoms with van der Waals surface area (Å²) >= 11 is 0. The van der Waals surface area contributed by atoms with E-state index in [1.54, 1.807) is 0 Å². The third-order valence-corrected chi connectivity index (χ3v) is 10.6. The van der Waals surface area contributed by atoms with Gasteiger partial charge in [-0.3, -0.25) is 0 Å². The molecule has 1 aliphatic rings. The van der Waals surface area contributed by atoms with Gasteiger partial charge in [0.05, 0.1) is 0 Å². The van der Waals surface area contributed by atoms with Crippen LogP contribution in [-0.2, 0) is 0 Å². The van der Waals surface area contributed by atoms with Crippen LogP contribution in [0.4, 0.5) is 0 Å². The molecule has 0 aromatic rings. The summed E-state index contributed by atoms with van der Waals surface area (Å²) in [4.78, 5) is 5.45. The zero-order chi connectivity index (χ0) is 32.3. The van der Waals surface area contributed by atoms with Crippen molar-refractivity contribution in [1.82, 2.24) is 9.80 Å². The second-order valence-corrected chi connectivity index (χ2v) is 15.0. The summed E-state index contributed by atoms with van der Waals surface area (Å²) in [5, 5.41) is 0. The van der Waals surface area contributed by atoms with Crippen LogP contribution < -0.4 is 0 Å². The molecule has 1 heterocycles. The number of nitrogens with zero attached hydrogens (tertiary/aromatic N) is 2. The minimum Gasteiger partial charge on any atom is -0.356 e. The Morgan fingerprint density at radius 3 is 0.778 bits per heavy atom. The maximum Gasteiger partial charge on any atom is 0.101 e. The molecule has 1 rings (SSSR count). The zero-order valence-electron chi connectivity index (χ0n) is 31.8. The fourth-order valence-electron chi connectivity index (χ4n) is 7.42. The molecule has 0 spiro atoms. The van der Waals surface area contributed by atoms with E-state index in [0.717, 1.165) is 0 Å². The molecule has 1 unspecified atom stereocenters. The molecule has 2 nitrogen and oxygen atoms in total. The van der Waals surface area contributed by atoms with Gasteiger partial charge >= 0.3 is 0 Å². The summed E-state index contributed by atoms with van der Waals surface area (Å²) in [6.45, 7) is 9.49. The maximum absolute atomic E-state index is 2.73. The fourth-order valence-corrected chi connectivity index (χ4v) is 7.42. The van der Waals surface area contributed by atoms with Crippen LogP contribution in [0.1, 0.15) is 245 Å². The van der Waals surface area contributed by atoms with Crippen molar-refractivity contribution >= 4 is 0 Å². The summed E-state index contributed by atoms with van der Waals surface area (Å²) < 4.78 is 0. The molecular formula is C43H86N2. The van der Waals surface area contributed by atoms with Gasteiger partial charge in [0.25, 0.3) is 0 Å². The van der Waals surface area contributed by atoms with Crippen LogP contribution in [0.25, 0.3) is 0 Å². The predicted molar refractivity (Wildman–Crippen MR) is 205 cm³/mol. The first kappa shape index (κ1) is 42.4. The lowest BCUT2D eigenvalue weighted by atomic mass is 10.0. The Morgan fingerprint density at radius 1 is 0.289 bits per heavy atom. The van der Waals surface area contributed by atoms with Gasteiger partial charge in [0, 0.05) is 25.5 Å². The highest BCUT2D eigenvalue weighted by Gasteiger charge is 2.24. The molecule has 1 aliphatic heterocycles. The second-order valence-electron chi connectivity index (χ2n) is 15.0. The first-order chi connectivity index (χ1) is 22.3. The Labute approximate surface area is 286 Å². The van der Waals surface area contributed by atoms with Crippen LogP contribution in [0.2, 0.25) is 0 Å². The predicted octanol–water partition coefficient (Wildman–Crippen LogP) is 15.1. The highest BCUT2D eigenvalue weighted by atomic mass is 15.4. The topological polar surface area (TPSA) is 6.48 Å². The van der Waals surface area contributed by atoms with E-state index < -0.39 is 0 Å². The van der Waals surface area contributed by atoms with Crippen molar-refractivity contribution in [3.8, 4) is 0 Å². The lowest BCUT2D eigenvalue weighted by Crippen LogP contribution is -2.39. The van der Waals surface area contributed by atoms with E-state index in [4.69, 9.17) is 0 Å². The van der Waals surface area contributed by atoms with Crippen LogP contribution >= 0.6 is 0 Å². The maximum atomic E-state index is 2.73. The summed E-state index contributed by atoms with van der Waals surface area (Å²) in [6.07, 6.45) is 55.9. The standard InChI is InChI=1S/C43H86N2/c1-4-7-10-13-16-19-21-22-23-25-28-31-34-37-40-45-42-41-44(39-36-33-30-27-18-15-12-9-6-3)43(45)38-35-32-29-26-24-20-17-14-11-8-5-2/h41-43H,4-40H2,1-3H3. The monoisotopic (exact) mass is 631 g/mol. The molecule has 0 N–H and O–H groups in total. The van der Waals surface area contributed by atoms with Crippen molar-refractivity contribution in [2.45, 2.75) is 252 Å². The van der Waals surface area contributed by atoms with E-state index in [1.165, 1.54) is 238 Å². The Kier molecular flexibility index (Phi) is 32.6. The summed E-state index contributed by atoms with van der Waals surface area (Å²) in [5.41, 5.74) is 0.